The van der Waals surface area contributed by atoms with Gasteiger partial charge in [0, 0.05) is 12.6 Å². The predicted molar refractivity (Wildman–Crippen MR) is 57.5 cm³/mol. The zero-order chi connectivity index (χ0) is 11.8. The fraction of sp³-hybridized carbons (Fsp3) is 0.500. The molecule has 1 atom stereocenters. The highest BCUT2D eigenvalue weighted by molar-refractivity contribution is 5.83. The van der Waals surface area contributed by atoms with Crippen LogP contribution >= 0.6 is 0 Å². The number of aromatic nitrogens is 2. The van der Waals surface area contributed by atoms with E-state index in [1.807, 2.05) is 0 Å². The molecule has 1 fully saturated rings. The van der Waals surface area contributed by atoms with Gasteiger partial charge >= 0.3 is 5.97 Å². The van der Waals surface area contributed by atoms with Crippen molar-refractivity contribution in [2.75, 3.05) is 11.4 Å². The molecule has 0 spiro atoms. The lowest BCUT2D eigenvalue weighted by atomic mass is 9.99. The molecular formula is C10H13N3O3. The van der Waals surface area contributed by atoms with E-state index in [2.05, 4.69) is 9.97 Å². The Morgan fingerprint density at radius 2 is 2.44 bits per heavy atom. The number of carbonyl (C=O) groups is 1. The van der Waals surface area contributed by atoms with Gasteiger partial charge in [0.25, 0.3) is 5.56 Å². The van der Waals surface area contributed by atoms with E-state index in [4.69, 9.17) is 0 Å². The zero-order valence-corrected chi connectivity index (χ0v) is 8.93. The second-order valence-electron chi connectivity index (χ2n) is 4.10. The van der Waals surface area contributed by atoms with Crippen molar-refractivity contribution >= 4 is 11.8 Å². The summed E-state index contributed by atoms with van der Waals surface area (Å²) < 4.78 is 0. The number of carboxylic acid groups (broad SMARTS) is 1. The average molecular weight is 223 g/mol. The molecule has 6 heteroatoms. The normalized spacial score (nSPS) is 24.7. The molecule has 1 aromatic heterocycles. The molecule has 0 amide bonds. The number of nitrogens with zero attached hydrogens (tertiary/aromatic N) is 2. The number of aliphatic carboxylic acids is 1. The van der Waals surface area contributed by atoms with Crippen molar-refractivity contribution in [2.24, 2.45) is 0 Å². The molecule has 1 unspecified atom stereocenters. The first kappa shape index (κ1) is 10.7. The van der Waals surface area contributed by atoms with Crippen LogP contribution < -0.4 is 10.5 Å². The number of anilines is 1. The van der Waals surface area contributed by atoms with Crippen LogP contribution in [0.2, 0.25) is 0 Å². The second kappa shape index (κ2) is 3.62. The number of nitrogens with one attached hydrogen (secondary N) is 1. The summed E-state index contributed by atoms with van der Waals surface area (Å²) >= 11 is 0. The molecule has 6 nitrogen and oxygen atoms in total. The minimum atomic E-state index is -0.958. The van der Waals surface area contributed by atoms with Crippen molar-refractivity contribution in [3.63, 3.8) is 0 Å². The first-order valence-corrected chi connectivity index (χ1v) is 5.10. The number of carboxylic acids is 1. The van der Waals surface area contributed by atoms with Crippen LogP contribution in [0.25, 0.3) is 0 Å². The monoisotopic (exact) mass is 223 g/mol. The van der Waals surface area contributed by atoms with E-state index in [1.54, 1.807) is 11.8 Å². The molecule has 0 aliphatic carbocycles. The molecule has 2 rings (SSSR count). The van der Waals surface area contributed by atoms with Crippen molar-refractivity contribution in [1.29, 1.82) is 0 Å². The molecule has 1 aliphatic rings. The van der Waals surface area contributed by atoms with Crippen molar-refractivity contribution < 1.29 is 9.90 Å². The average Bonchev–Trinajstić information content (AvgIpc) is 2.62. The third kappa shape index (κ3) is 1.56. The highest BCUT2D eigenvalue weighted by Gasteiger charge is 2.44. The fourth-order valence-electron chi connectivity index (χ4n) is 2.06. The van der Waals surface area contributed by atoms with Crippen LogP contribution in [0.4, 0.5) is 5.82 Å². The van der Waals surface area contributed by atoms with Crippen LogP contribution in [0.5, 0.6) is 0 Å². The van der Waals surface area contributed by atoms with Gasteiger partial charge in [-0.15, -0.1) is 0 Å². The SMILES string of the molecule is CC1(C(=O)O)CCCN1c1cc(=O)[nH]cn1. The molecule has 16 heavy (non-hydrogen) atoms. The minimum Gasteiger partial charge on any atom is -0.480 e. The van der Waals surface area contributed by atoms with E-state index in [0.717, 1.165) is 6.42 Å². The summed E-state index contributed by atoms with van der Waals surface area (Å²) in [4.78, 5) is 30.5. The number of rotatable bonds is 2. The van der Waals surface area contributed by atoms with Gasteiger partial charge in [-0.05, 0) is 19.8 Å². The maximum atomic E-state index is 11.2. The summed E-state index contributed by atoms with van der Waals surface area (Å²) in [5, 5.41) is 9.22. The van der Waals surface area contributed by atoms with E-state index in [1.165, 1.54) is 12.4 Å². The first-order valence-electron chi connectivity index (χ1n) is 5.10. The molecule has 2 N–H and O–H groups in total. The lowest BCUT2D eigenvalue weighted by Gasteiger charge is -2.31. The Labute approximate surface area is 91.9 Å². The van der Waals surface area contributed by atoms with Crippen LogP contribution in [-0.2, 0) is 4.79 Å². The van der Waals surface area contributed by atoms with Crippen LogP contribution in [-0.4, -0.2) is 33.1 Å². The number of H-pyrrole nitrogens is 1. The summed E-state index contributed by atoms with van der Waals surface area (Å²) in [5.41, 5.74) is -1.23. The summed E-state index contributed by atoms with van der Waals surface area (Å²) in [7, 11) is 0. The van der Waals surface area contributed by atoms with Gasteiger partial charge in [0.1, 0.15) is 11.4 Å². The molecule has 0 bridgehead atoms. The molecule has 1 saturated heterocycles. The molecule has 0 radical (unpaired) electrons. The van der Waals surface area contributed by atoms with E-state index < -0.39 is 11.5 Å². The summed E-state index contributed by atoms with van der Waals surface area (Å²) in [5.74, 6) is -0.460. The standard InChI is InChI=1S/C10H13N3O3/c1-10(9(15)16)3-2-4-13(10)7-5-8(14)12-6-11-7/h5-6H,2-4H2,1H3,(H,15,16)(H,11,12,14). The van der Waals surface area contributed by atoms with Gasteiger partial charge in [0.2, 0.25) is 0 Å². The van der Waals surface area contributed by atoms with Crippen molar-refractivity contribution in [3.05, 3.63) is 22.7 Å². The quantitative estimate of drug-likeness (QED) is 0.748. The van der Waals surface area contributed by atoms with Crippen molar-refractivity contribution in [2.45, 2.75) is 25.3 Å². The molecule has 86 valence electrons. The Hall–Kier alpha value is -1.85. The van der Waals surface area contributed by atoms with Gasteiger partial charge in [-0.1, -0.05) is 0 Å². The maximum absolute atomic E-state index is 11.2. The minimum absolute atomic E-state index is 0.273. The maximum Gasteiger partial charge on any atom is 0.329 e. The second-order valence-corrected chi connectivity index (χ2v) is 4.10. The molecule has 0 saturated carbocycles. The summed E-state index contributed by atoms with van der Waals surface area (Å²) in [6.45, 7) is 2.27. The summed E-state index contributed by atoms with van der Waals surface area (Å²) in [6, 6.07) is 1.33. The largest absolute Gasteiger partial charge is 0.480 e. The first-order chi connectivity index (χ1) is 7.54. The Morgan fingerprint density at radius 1 is 1.69 bits per heavy atom. The van der Waals surface area contributed by atoms with Gasteiger partial charge < -0.3 is 15.0 Å². The highest BCUT2D eigenvalue weighted by atomic mass is 16.4. The van der Waals surface area contributed by atoms with Crippen LogP contribution in [0.1, 0.15) is 19.8 Å². The van der Waals surface area contributed by atoms with Gasteiger partial charge in [-0.2, -0.15) is 0 Å². The van der Waals surface area contributed by atoms with E-state index in [-0.39, 0.29) is 5.56 Å². The van der Waals surface area contributed by atoms with E-state index >= 15 is 0 Å². The van der Waals surface area contributed by atoms with E-state index in [0.29, 0.717) is 18.8 Å². The third-order valence-corrected chi connectivity index (χ3v) is 3.04. The zero-order valence-electron chi connectivity index (χ0n) is 8.93. The highest BCUT2D eigenvalue weighted by Crippen LogP contribution is 2.32. The van der Waals surface area contributed by atoms with Gasteiger partial charge in [-0.3, -0.25) is 4.79 Å². The topological polar surface area (TPSA) is 86.3 Å². The van der Waals surface area contributed by atoms with Gasteiger partial charge in [-0.25, -0.2) is 9.78 Å². The fourth-order valence-corrected chi connectivity index (χ4v) is 2.06. The van der Waals surface area contributed by atoms with Crippen LogP contribution in [0.15, 0.2) is 17.2 Å². The van der Waals surface area contributed by atoms with Gasteiger partial charge in [0.05, 0.1) is 6.33 Å². The Balaban J connectivity index is 2.41. The van der Waals surface area contributed by atoms with E-state index in [9.17, 15) is 14.7 Å². The molecule has 0 aromatic carbocycles. The van der Waals surface area contributed by atoms with Crippen molar-refractivity contribution in [1.82, 2.24) is 9.97 Å². The summed E-state index contributed by atoms with van der Waals surface area (Å²) in [6.07, 6.45) is 2.65. The van der Waals surface area contributed by atoms with Crippen LogP contribution in [0.3, 0.4) is 0 Å². The molecular weight excluding hydrogens is 210 g/mol. The lowest BCUT2D eigenvalue weighted by molar-refractivity contribution is -0.142. The Morgan fingerprint density at radius 3 is 3.06 bits per heavy atom. The molecule has 1 aromatic rings. The number of hydrogen-bond donors (Lipinski definition) is 2. The third-order valence-electron chi connectivity index (χ3n) is 3.04. The van der Waals surface area contributed by atoms with Gasteiger partial charge in [0.15, 0.2) is 0 Å². The number of hydrogen-bond acceptors (Lipinski definition) is 4. The van der Waals surface area contributed by atoms with Crippen LogP contribution in [0, 0.1) is 0 Å². The Bertz CT molecular complexity index is 470. The molecule has 2 heterocycles. The Kier molecular flexibility index (Phi) is 2.41. The smallest absolute Gasteiger partial charge is 0.329 e. The number of aromatic amines is 1. The lowest BCUT2D eigenvalue weighted by Crippen LogP contribution is -2.48. The predicted octanol–water partition coefficient (Wildman–Crippen LogP) is 0.213. The van der Waals surface area contributed by atoms with Crippen molar-refractivity contribution in [3.8, 4) is 0 Å². The molecule has 1 aliphatic heterocycles.